The fraction of sp³-hybridized carbons (Fsp3) is 0.632. The Morgan fingerprint density at radius 1 is 1.38 bits per heavy atom. The van der Waals surface area contributed by atoms with Gasteiger partial charge in [-0.2, -0.15) is 0 Å². The summed E-state index contributed by atoms with van der Waals surface area (Å²) in [5.74, 6) is -1.10. The van der Waals surface area contributed by atoms with Crippen molar-refractivity contribution in [2.75, 3.05) is 6.61 Å². The lowest BCUT2D eigenvalue weighted by Gasteiger charge is -2.58. The quantitative estimate of drug-likeness (QED) is 0.773. The van der Waals surface area contributed by atoms with E-state index in [-0.39, 0.29) is 18.6 Å². The third kappa shape index (κ3) is 3.05. The van der Waals surface area contributed by atoms with E-state index in [9.17, 15) is 14.7 Å². The minimum absolute atomic E-state index is 0.156. The van der Waals surface area contributed by atoms with Crippen LogP contribution in [0, 0.1) is 5.41 Å². The number of ether oxygens (including phenoxy) is 2. The lowest BCUT2D eigenvalue weighted by atomic mass is 9.54. The number of carbonyl (C=O) groups excluding carboxylic acids is 1. The van der Waals surface area contributed by atoms with Gasteiger partial charge in [0.05, 0.1) is 6.10 Å². The second-order valence-corrected chi connectivity index (χ2v) is 7.59. The zero-order chi connectivity index (χ0) is 18.9. The molecule has 0 radical (unpaired) electrons. The minimum atomic E-state index is -1.36. The molecule has 7 heteroatoms. The second-order valence-electron chi connectivity index (χ2n) is 7.59. The summed E-state index contributed by atoms with van der Waals surface area (Å²) in [5, 5.41) is 12.5. The first-order valence-electron chi connectivity index (χ1n) is 9.10. The second kappa shape index (κ2) is 6.87. The SMILES string of the molecule is CCOC1CC(NC(=O)c2ccnc(OC3CCC3)c2)(C(=O)O)C1(C)C. The van der Waals surface area contributed by atoms with Crippen LogP contribution in [0.3, 0.4) is 0 Å². The molecule has 26 heavy (non-hydrogen) atoms. The van der Waals surface area contributed by atoms with Crippen LogP contribution in [0.2, 0.25) is 0 Å². The molecule has 2 N–H and O–H groups in total. The average Bonchev–Trinajstić information content (AvgIpc) is 2.56. The van der Waals surface area contributed by atoms with E-state index in [1.165, 1.54) is 6.20 Å². The molecule has 2 aliphatic carbocycles. The first kappa shape index (κ1) is 18.6. The molecule has 3 rings (SSSR count). The van der Waals surface area contributed by atoms with Gasteiger partial charge in [-0.1, -0.05) is 13.8 Å². The molecule has 0 bridgehead atoms. The summed E-state index contributed by atoms with van der Waals surface area (Å²) in [6.07, 6.45) is 4.82. The number of nitrogens with zero attached hydrogens (tertiary/aromatic N) is 1. The van der Waals surface area contributed by atoms with E-state index in [1.807, 2.05) is 20.8 Å². The van der Waals surface area contributed by atoms with Crippen molar-refractivity contribution in [3.63, 3.8) is 0 Å². The molecule has 7 nitrogen and oxygen atoms in total. The molecule has 2 aliphatic rings. The summed E-state index contributed by atoms with van der Waals surface area (Å²) in [4.78, 5) is 28.9. The number of pyridine rings is 1. The molecule has 1 heterocycles. The highest BCUT2D eigenvalue weighted by Crippen LogP contribution is 2.51. The Morgan fingerprint density at radius 2 is 2.12 bits per heavy atom. The predicted octanol–water partition coefficient (Wildman–Crippen LogP) is 2.40. The van der Waals surface area contributed by atoms with E-state index in [1.54, 1.807) is 12.1 Å². The van der Waals surface area contributed by atoms with Gasteiger partial charge in [0, 0.05) is 36.3 Å². The van der Waals surface area contributed by atoms with Crippen LogP contribution in [0.4, 0.5) is 0 Å². The average molecular weight is 362 g/mol. The molecule has 0 aromatic carbocycles. The topological polar surface area (TPSA) is 97.8 Å². The van der Waals surface area contributed by atoms with Crippen LogP contribution in [-0.2, 0) is 9.53 Å². The Balaban J connectivity index is 1.75. The first-order valence-corrected chi connectivity index (χ1v) is 9.10. The van der Waals surface area contributed by atoms with Gasteiger partial charge in [-0.15, -0.1) is 0 Å². The molecular weight excluding hydrogens is 336 g/mol. The molecule has 0 spiro atoms. The summed E-state index contributed by atoms with van der Waals surface area (Å²) in [6, 6.07) is 3.12. The van der Waals surface area contributed by atoms with Gasteiger partial charge in [0.25, 0.3) is 5.91 Å². The summed E-state index contributed by atoms with van der Waals surface area (Å²) >= 11 is 0. The summed E-state index contributed by atoms with van der Waals surface area (Å²) in [7, 11) is 0. The maximum atomic E-state index is 12.7. The van der Waals surface area contributed by atoms with Gasteiger partial charge in [-0.3, -0.25) is 4.79 Å². The van der Waals surface area contributed by atoms with Crippen LogP contribution < -0.4 is 10.1 Å². The highest BCUT2D eigenvalue weighted by Gasteiger charge is 2.66. The van der Waals surface area contributed by atoms with Crippen molar-refractivity contribution in [3.8, 4) is 5.88 Å². The van der Waals surface area contributed by atoms with E-state index in [0.717, 1.165) is 19.3 Å². The Bertz CT molecular complexity index is 701. The third-order valence-electron chi connectivity index (χ3n) is 5.79. The fourth-order valence-corrected chi connectivity index (χ4v) is 3.58. The number of nitrogens with one attached hydrogen (secondary N) is 1. The van der Waals surface area contributed by atoms with E-state index in [0.29, 0.717) is 18.1 Å². The number of rotatable bonds is 7. The first-order chi connectivity index (χ1) is 12.3. The number of aliphatic carboxylic acids is 1. The number of carbonyl (C=O) groups is 2. The largest absolute Gasteiger partial charge is 0.479 e. The fourth-order valence-electron chi connectivity index (χ4n) is 3.58. The van der Waals surface area contributed by atoms with Crippen LogP contribution in [0.1, 0.15) is 56.8 Å². The van der Waals surface area contributed by atoms with Gasteiger partial charge in [-0.25, -0.2) is 9.78 Å². The molecular formula is C19H26N2O5. The Morgan fingerprint density at radius 3 is 2.65 bits per heavy atom. The number of aromatic nitrogens is 1. The number of hydrogen-bond acceptors (Lipinski definition) is 5. The van der Waals surface area contributed by atoms with Crippen molar-refractivity contribution < 1.29 is 24.2 Å². The summed E-state index contributed by atoms with van der Waals surface area (Å²) < 4.78 is 11.3. The van der Waals surface area contributed by atoms with Crippen molar-refractivity contribution in [1.82, 2.24) is 10.3 Å². The van der Waals surface area contributed by atoms with Crippen LogP contribution in [0.5, 0.6) is 5.88 Å². The Hall–Kier alpha value is -2.15. The molecule has 1 amide bonds. The van der Waals surface area contributed by atoms with Gasteiger partial charge < -0.3 is 19.9 Å². The van der Waals surface area contributed by atoms with Crippen LogP contribution in [-0.4, -0.2) is 46.3 Å². The molecule has 2 unspecified atom stereocenters. The van der Waals surface area contributed by atoms with Crippen LogP contribution in [0.25, 0.3) is 0 Å². The zero-order valence-electron chi connectivity index (χ0n) is 15.4. The van der Waals surface area contributed by atoms with Crippen molar-refractivity contribution in [2.45, 2.75) is 64.2 Å². The molecule has 2 atom stereocenters. The highest BCUT2D eigenvalue weighted by atomic mass is 16.5. The Labute approximate surface area is 153 Å². The van der Waals surface area contributed by atoms with E-state index < -0.39 is 22.8 Å². The lowest BCUT2D eigenvalue weighted by molar-refractivity contribution is -0.190. The molecule has 0 aliphatic heterocycles. The van der Waals surface area contributed by atoms with Gasteiger partial charge in [0.1, 0.15) is 11.6 Å². The van der Waals surface area contributed by atoms with Gasteiger partial charge in [0.2, 0.25) is 5.88 Å². The van der Waals surface area contributed by atoms with E-state index in [2.05, 4.69) is 10.3 Å². The van der Waals surface area contributed by atoms with Crippen molar-refractivity contribution in [1.29, 1.82) is 0 Å². The molecule has 1 aromatic heterocycles. The van der Waals surface area contributed by atoms with E-state index >= 15 is 0 Å². The van der Waals surface area contributed by atoms with Gasteiger partial charge >= 0.3 is 5.97 Å². The van der Waals surface area contributed by atoms with Gasteiger partial charge in [0.15, 0.2) is 0 Å². The van der Waals surface area contributed by atoms with Crippen molar-refractivity contribution >= 4 is 11.9 Å². The maximum absolute atomic E-state index is 12.7. The molecule has 2 fully saturated rings. The third-order valence-corrected chi connectivity index (χ3v) is 5.79. The number of amides is 1. The monoisotopic (exact) mass is 362 g/mol. The Kier molecular flexibility index (Phi) is 4.92. The normalized spacial score (nSPS) is 27.1. The molecule has 0 saturated heterocycles. The molecule has 2 saturated carbocycles. The van der Waals surface area contributed by atoms with Crippen molar-refractivity contribution in [2.24, 2.45) is 5.41 Å². The highest BCUT2D eigenvalue weighted by molar-refractivity contribution is 5.98. The van der Waals surface area contributed by atoms with Crippen LogP contribution >= 0.6 is 0 Å². The number of hydrogen-bond donors (Lipinski definition) is 2. The van der Waals surface area contributed by atoms with Gasteiger partial charge in [-0.05, 0) is 32.3 Å². The molecule has 1 aromatic rings. The lowest BCUT2D eigenvalue weighted by Crippen LogP contribution is -2.76. The zero-order valence-corrected chi connectivity index (χ0v) is 15.4. The standard InChI is InChI=1S/C19H26N2O5/c1-4-25-14-11-19(17(23)24,18(14,2)3)21-16(22)12-8-9-20-15(10-12)26-13-6-5-7-13/h8-10,13-14H,4-7,11H2,1-3H3,(H,21,22)(H,23,24). The predicted molar refractivity (Wildman–Crippen MR) is 94.1 cm³/mol. The summed E-state index contributed by atoms with van der Waals surface area (Å²) in [6.45, 7) is 5.99. The number of carboxylic acid groups (broad SMARTS) is 1. The van der Waals surface area contributed by atoms with Crippen molar-refractivity contribution in [3.05, 3.63) is 23.9 Å². The molecule has 142 valence electrons. The van der Waals surface area contributed by atoms with E-state index in [4.69, 9.17) is 9.47 Å². The summed E-state index contributed by atoms with van der Waals surface area (Å²) in [5.41, 5.74) is -1.74. The maximum Gasteiger partial charge on any atom is 0.330 e. The number of carboxylic acids is 1. The smallest absolute Gasteiger partial charge is 0.330 e. The minimum Gasteiger partial charge on any atom is -0.479 e. The van der Waals surface area contributed by atoms with Crippen LogP contribution in [0.15, 0.2) is 18.3 Å².